The van der Waals surface area contributed by atoms with Crippen LogP contribution in [0.4, 0.5) is 0 Å². The Labute approximate surface area is 152 Å². The second-order valence-corrected chi connectivity index (χ2v) is 7.63. The maximum atomic E-state index is 12.4. The summed E-state index contributed by atoms with van der Waals surface area (Å²) in [6.07, 6.45) is 2.57. The Morgan fingerprint density at radius 3 is 2.60 bits per heavy atom. The molecule has 0 radical (unpaired) electrons. The molecule has 1 amide bonds. The molecule has 1 N–H and O–H groups in total. The topological polar surface area (TPSA) is 41.6 Å². The van der Waals surface area contributed by atoms with Crippen LogP contribution in [0.1, 0.15) is 45.6 Å². The van der Waals surface area contributed by atoms with Crippen LogP contribution in [0.25, 0.3) is 0 Å². The van der Waals surface area contributed by atoms with E-state index in [1.165, 1.54) is 19.5 Å². The van der Waals surface area contributed by atoms with Gasteiger partial charge in [-0.25, -0.2) is 0 Å². The molecule has 0 aliphatic carbocycles. The highest BCUT2D eigenvalue weighted by atomic mass is 16.5. The molecule has 1 aliphatic heterocycles. The number of likely N-dealkylation sites (tertiary alicyclic amines) is 1. The Bertz CT molecular complexity index is 536. The number of hydrogen-bond acceptors (Lipinski definition) is 3. The zero-order valence-electron chi connectivity index (χ0n) is 16.3. The van der Waals surface area contributed by atoms with E-state index in [1.807, 2.05) is 38.1 Å². The summed E-state index contributed by atoms with van der Waals surface area (Å²) in [5, 5.41) is 3.04. The maximum absolute atomic E-state index is 12.4. The van der Waals surface area contributed by atoms with Gasteiger partial charge in [0.1, 0.15) is 5.75 Å². The zero-order chi connectivity index (χ0) is 18.2. The second-order valence-electron chi connectivity index (χ2n) is 7.63. The summed E-state index contributed by atoms with van der Waals surface area (Å²) in [5.74, 6) is 2.35. The Morgan fingerprint density at radius 1 is 1.28 bits per heavy atom. The molecule has 4 nitrogen and oxygen atoms in total. The number of nitrogens with one attached hydrogen (secondary N) is 1. The van der Waals surface area contributed by atoms with Crippen molar-refractivity contribution in [3.8, 4) is 5.75 Å². The lowest BCUT2D eigenvalue weighted by atomic mass is 9.92. The fourth-order valence-electron chi connectivity index (χ4n) is 3.77. The Hall–Kier alpha value is -1.55. The van der Waals surface area contributed by atoms with E-state index >= 15 is 0 Å². The average molecular weight is 347 g/mol. The van der Waals surface area contributed by atoms with Gasteiger partial charge in [0.05, 0.1) is 0 Å². The number of para-hydroxylation sites is 1. The van der Waals surface area contributed by atoms with Gasteiger partial charge in [-0.05, 0) is 56.2 Å². The molecule has 1 fully saturated rings. The van der Waals surface area contributed by atoms with E-state index < -0.39 is 6.10 Å². The fraction of sp³-hybridized carbons (Fsp3) is 0.667. The third-order valence-electron chi connectivity index (χ3n) is 4.92. The van der Waals surface area contributed by atoms with Crippen LogP contribution in [0.5, 0.6) is 5.75 Å². The number of aryl methyl sites for hydroxylation is 1. The number of carbonyl (C=O) groups is 1. The highest BCUT2D eigenvalue weighted by Crippen LogP contribution is 2.21. The first-order valence-corrected chi connectivity index (χ1v) is 9.72. The van der Waals surface area contributed by atoms with Crippen LogP contribution >= 0.6 is 0 Å². The highest BCUT2D eigenvalue weighted by molar-refractivity contribution is 5.81. The molecule has 0 saturated carbocycles. The summed E-state index contributed by atoms with van der Waals surface area (Å²) < 4.78 is 5.91. The van der Waals surface area contributed by atoms with Gasteiger partial charge < -0.3 is 15.0 Å². The van der Waals surface area contributed by atoms with E-state index in [-0.39, 0.29) is 5.91 Å². The minimum Gasteiger partial charge on any atom is -0.480 e. The number of rotatable bonds is 8. The first-order valence-electron chi connectivity index (χ1n) is 9.72. The van der Waals surface area contributed by atoms with E-state index in [1.54, 1.807) is 0 Å². The molecule has 0 spiro atoms. The molecule has 25 heavy (non-hydrogen) atoms. The molecule has 1 saturated heterocycles. The van der Waals surface area contributed by atoms with E-state index in [2.05, 4.69) is 24.1 Å². The van der Waals surface area contributed by atoms with Crippen molar-refractivity contribution in [2.24, 2.45) is 11.8 Å². The van der Waals surface area contributed by atoms with Crippen molar-refractivity contribution in [1.82, 2.24) is 10.2 Å². The number of carbonyl (C=O) groups excluding carboxylic acids is 1. The van der Waals surface area contributed by atoms with Gasteiger partial charge in [0.15, 0.2) is 6.10 Å². The van der Waals surface area contributed by atoms with Gasteiger partial charge in [0.25, 0.3) is 5.91 Å². The van der Waals surface area contributed by atoms with Gasteiger partial charge in [-0.1, -0.05) is 39.0 Å². The third-order valence-corrected chi connectivity index (χ3v) is 4.92. The molecule has 0 bridgehead atoms. The molecule has 140 valence electrons. The minimum atomic E-state index is -0.420. The smallest absolute Gasteiger partial charge is 0.261 e. The predicted molar refractivity (Wildman–Crippen MR) is 103 cm³/mol. The minimum absolute atomic E-state index is 0.00821. The lowest BCUT2D eigenvalue weighted by Gasteiger charge is -2.35. The van der Waals surface area contributed by atoms with Gasteiger partial charge in [-0.3, -0.25) is 4.79 Å². The van der Waals surface area contributed by atoms with Gasteiger partial charge in [0.2, 0.25) is 0 Å². The van der Waals surface area contributed by atoms with E-state index in [4.69, 9.17) is 4.74 Å². The molecule has 1 aromatic rings. The van der Waals surface area contributed by atoms with Crippen LogP contribution in [0.15, 0.2) is 24.3 Å². The number of nitrogens with zero attached hydrogens (tertiary/aromatic N) is 1. The molecule has 2 rings (SSSR count). The van der Waals surface area contributed by atoms with E-state index in [0.717, 1.165) is 36.1 Å². The summed E-state index contributed by atoms with van der Waals surface area (Å²) in [5.41, 5.74) is 1.06. The lowest BCUT2D eigenvalue weighted by Crippen LogP contribution is -2.42. The first kappa shape index (κ1) is 19.8. The Balaban J connectivity index is 1.72. The van der Waals surface area contributed by atoms with Gasteiger partial charge in [-0.15, -0.1) is 0 Å². The predicted octanol–water partition coefficient (Wildman–Crippen LogP) is 3.64. The molecule has 1 aromatic carbocycles. The van der Waals surface area contributed by atoms with Crippen molar-refractivity contribution in [3.63, 3.8) is 0 Å². The van der Waals surface area contributed by atoms with Crippen LogP contribution in [-0.4, -0.2) is 43.1 Å². The second kappa shape index (κ2) is 9.81. The molecular weight excluding hydrogens is 312 g/mol. The van der Waals surface area contributed by atoms with Gasteiger partial charge in [0, 0.05) is 19.6 Å². The SMILES string of the molecule is CC[C@@H](Oc1ccccc1C)C(=O)NCCCN1C[C@H](C)C[C@@H](C)C1. The number of piperidine rings is 1. The fourth-order valence-corrected chi connectivity index (χ4v) is 3.77. The van der Waals surface area contributed by atoms with Crippen LogP contribution in [0, 0.1) is 18.8 Å². The summed E-state index contributed by atoms with van der Waals surface area (Å²) in [7, 11) is 0. The van der Waals surface area contributed by atoms with E-state index in [0.29, 0.717) is 13.0 Å². The average Bonchev–Trinajstić information content (AvgIpc) is 2.57. The molecule has 1 heterocycles. The van der Waals surface area contributed by atoms with Crippen molar-refractivity contribution < 1.29 is 9.53 Å². The molecule has 0 aromatic heterocycles. The summed E-state index contributed by atoms with van der Waals surface area (Å²) in [6, 6.07) is 7.84. The van der Waals surface area contributed by atoms with Crippen molar-refractivity contribution in [2.75, 3.05) is 26.2 Å². The maximum Gasteiger partial charge on any atom is 0.261 e. The summed E-state index contributed by atoms with van der Waals surface area (Å²) in [4.78, 5) is 14.9. The van der Waals surface area contributed by atoms with Crippen molar-refractivity contribution in [3.05, 3.63) is 29.8 Å². The normalized spacial score (nSPS) is 22.4. The van der Waals surface area contributed by atoms with Crippen molar-refractivity contribution >= 4 is 5.91 Å². The quantitative estimate of drug-likeness (QED) is 0.731. The zero-order valence-corrected chi connectivity index (χ0v) is 16.3. The summed E-state index contributed by atoms with van der Waals surface area (Å²) in [6.45, 7) is 12.8. The Kier molecular flexibility index (Phi) is 7.76. The van der Waals surface area contributed by atoms with Crippen LogP contribution in [-0.2, 0) is 4.79 Å². The van der Waals surface area contributed by atoms with Gasteiger partial charge >= 0.3 is 0 Å². The molecule has 1 aliphatic rings. The third kappa shape index (κ3) is 6.35. The van der Waals surface area contributed by atoms with Crippen molar-refractivity contribution in [1.29, 1.82) is 0 Å². The molecular formula is C21H34N2O2. The number of hydrogen-bond donors (Lipinski definition) is 1. The Morgan fingerprint density at radius 2 is 1.96 bits per heavy atom. The van der Waals surface area contributed by atoms with Gasteiger partial charge in [-0.2, -0.15) is 0 Å². The van der Waals surface area contributed by atoms with Crippen molar-refractivity contribution in [2.45, 2.75) is 53.1 Å². The van der Waals surface area contributed by atoms with Crippen LogP contribution in [0.2, 0.25) is 0 Å². The van der Waals surface area contributed by atoms with Crippen LogP contribution in [0.3, 0.4) is 0 Å². The lowest BCUT2D eigenvalue weighted by molar-refractivity contribution is -0.128. The number of benzene rings is 1. The van der Waals surface area contributed by atoms with Crippen LogP contribution < -0.4 is 10.1 Å². The summed E-state index contributed by atoms with van der Waals surface area (Å²) >= 11 is 0. The van der Waals surface area contributed by atoms with E-state index in [9.17, 15) is 4.79 Å². The molecule has 4 heteroatoms. The molecule has 0 unspecified atom stereocenters. The largest absolute Gasteiger partial charge is 0.480 e. The monoisotopic (exact) mass is 346 g/mol. The first-order chi connectivity index (χ1) is 12.0. The molecule has 3 atom stereocenters. The number of amides is 1. The highest BCUT2D eigenvalue weighted by Gasteiger charge is 2.22. The number of ether oxygens (including phenoxy) is 1. The standard InChI is InChI=1S/C21H34N2O2/c1-5-19(25-20-10-7-6-9-18(20)4)21(24)22-11-8-12-23-14-16(2)13-17(3)15-23/h6-7,9-10,16-17,19H,5,8,11-15H2,1-4H3,(H,22,24)/t16-,17-,19-/m1/s1.